The molecule has 2 N–H and O–H groups in total. The summed E-state index contributed by atoms with van der Waals surface area (Å²) in [6.45, 7) is 2.62. The lowest BCUT2D eigenvalue weighted by molar-refractivity contribution is -0.147. The summed E-state index contributed by atoms with van der Waals surface area (Å²) in [5, 5.41) is 12.2. The van der Waals surface area contributed by atoms with Crippen LogP contribution in [0.2, 0.25) is 0 Å². The van der Waals surface area contributed by atoms with Crippen molar-refractivity contribution in [2.24, 2.45) is 11.8 Å². The van der Waals surface area contributed by atoms with E-state index in [-0.39, 0.29) is 18.1 Å². The van der Waals surface area contributed by atoms with Crippen molar-refractivity contribution in [1.82, 2.24) is 5.32 Å². The van der Waals surface area contributed by atoms with Gasteiger partial charge in [0.1, 0.15) is 5.92 Å². The highest BCUT2D eigenvalue weighted by Gasteiger charge is 2.53. The van der Waals surface area contributed by atoms with Crippen molar-refractivity contribution in [3.8, 4) is 0 Å². The second kappa shape index (κ2) is 5.18. The number of carbonyl (C=O) groups excluding carboxylic acids is 1. The first-order valence-electron chi connectivity index (χ1n) is 7.06. The molecule has 3 aliphatic heterocycles. The highest BCUT2D eigenvalue weighted by Crippen LogP contribution is 2.39. The van der Waals surface area contributed by atoms with E-state index >= 15 is 0 Å². The van der Waals surface area contributed by atoms with Gasteiger partial charge < -0.3 is 19.9 Å². The van der Waals surface area contributed by atoms with Gasteiger partial charge in [-0.15, -0.1) is 0 Å². The number of carbonyl (C=O) groups is 2. The van der Waals surface area contributed by atoms with Crippen molar-refractivity contribution in [2.75, 3.05) is 6.61 Å². The van der Waals surface area contributed by atoms with Crippen LogP contribution in [0.15, 0.2) is 12.2 Å². The van der Waals surface area contributed by atoms with Crippen LogP contribution in [0.1, 0.15) is 19.8 Å². The van der Waals surface area contributed by atoms with Gasteiger partial charge in [0, 0.05) is 6.61 Å². The second-order valence-electron chi connectivity index (χ2n) is 5.69. The second-order valence-corrected chi connectivity index (χ2v) is 5.69. The number of carboxylic acids is 1. The van der Waals surface area contributed by atoms with Gasteiger partial charge in [0.25, 0.3) is 0 Å². The molecule has 3 aliphatic rings. The molecule has 0 unspecified atom stereocenters. The molecule has 0 spiro atoms. The van der Waals surface area contributed by atoms with Crippen LogP contribution < -0.4 is 5.32 Å². The number of fused-ring (bicyclic) bond motifs is 2. The Bertz CT molecular complexity index is 443. The molecule has 3 rings (SSSR count). The zero-order valence-electron chi connectivity index (χ0n) is 11.3. The third-order valence-corrected chi connectivity index (χ3v) is 4.38. The number of ether oxygens (including phenoxy) is 2. The lowest BCUT2D eigenvalue weighted by Gasteiger charge is -2.25. The van der Waals surface area contributed by atoms with Gasteiger partial charge >= 0.3 is 5.97 Å². The number of rotatable bonds is 4. The van der Waals surface area contributed by atoms with Crippen molar-refractivity contribution in [3.63, 3.8) is 0 Å². The Morgan fingerprint density at radius 2 is 2.00 bits per heavy atom. The van der Waals surface area contributed by atoms with Crippen LogP contribution in [0.25, 0.3) is 0 Å². The predicted octanol–water partition coefficient (Wildman–Crippen LogP) is 0.324. The Morgan fingerprint density at radius 1 is 1.30 bits per heavy atom. The topological polar surface area (TPSA) is 84.9 Å². The van der Waals surface area contributed by atoms with Crippen LogP contribution in [0.5, 0.6) is 0 Å². The highest BCUT2D eigenvalue weighted by atomic mass is 16.5. The molecule has 1 amide bonds. The number of hydrogen-bond acceptors (Lipinski definition) is 4. The van der Waals surface area contributed by atoms with Gasteiger partial charge in [-0.2, -0.15) is 0 Å². The summed E-state index contributed by atoms with van der Waals surface area (Å²) in [6.07, 6.45) is 4.57. The van der Waals surface area contributed by atoms with E-state index in [0.29, 0.717) is 0 Å². The Labute approximate surface area is 117 Å². The summed E-state index contributed by atoms with van der Waals surface area (Å²) in [5.41, 5.74) is 0. The van der Waals surface area contributed by atoms with E-state index in [4.69, 9.17) is 9.47 Å². The van der Waals surface area contributed by atoms with Crippen LogP contribution in [0, 0.1) is 11.8 Å². The molecule has 0 aromatic rings. The van der Waals surface area contributed by atoms with Crippen LogP contribution in [0.3, 0.4) is 0 Å². The Morgan fingerprint density at radius 3 is 2.60 bits per heavy atom. The molecule has 2 saturated heterocycles. The maximum absolute atomic E-state index is 12.4. The largest absolute Gasteiger partial charge is 0.481 e. The van der Waals surface area contributed by atoms with Crippen LogP contribution in [-0.2, 0) is 19.1 Å². The van der Waals surface area contributed by atoms with Gasteiger partial charge in [0.15, 0.2) is 0 Å². The fourth-order valence-electron chi connectivity index (χ4n) is 3.33. The Balaban J connectivity index is 1.67. The molecule has 6 nitrogen and oxygen atoms in total. The van der Waals surface area contributed by atoms with Crippen molar-refractivity contribution < 1.29 is 24.2 Å². The SMILES string of the molecule is C[C@H](NC(=O)[C@H]1[C@H](C(=O)O)[C@H]2C=C[C@H]1O2)[C@@H]1CCCO1. The first-order valence-corrected chi connectivity index (χ1v) is 7.06. The maximum atomic E-state index is 12.4. The third kappa shape index (κ3) is 2.23. The minimum Gasteiger partial charge on any atom is -0.481 e. The molecule has 6 heteroatoms. The van der Waals surface area contributed by atoms with Crippen LogP contribution in [-0.4, -0.2) is 47.9 Å². The smallest absolute Gasteiger partial charge is 0.310 e. The van der Waals surface area contributed by atoms with Crippen molar-refractivity contribution >= 4 is 11.9 Å². The minimum atomic E-state index is -0.980. The zero-order chi connectivity index (χ0) is 14.3. The van der Waals surface area contributed by atoms with Gasteiger partial charge in [-0.25, -0.2) is 0 Å². The fourth-order valence-corrected chi connectivity index (χ4v) is 3.33. The van der Waals surface area contributed by atoms with E-state index in [1.165, 1.54) is 0 Å². The molecule has 2 fully saturated rings. The van der Waals surface area contributed by atoms with Gasteiger partial charge in [-0.05, 0) is 19.8 Å². The molecular weight excluding hydrogens is 262 g/mol. The molecule has 3 heterocycles. The lowest BCUT2D eigenvalue weighted by Crippen LogP contribution is -2.48. The fraction of sp³-hybridized carbons (Fsp3) is 0.714. The summed E-state index contributed by atoms with van der Waals surface area (Å²) >= 11 is 0. The standard InChI is InChI=1S/C14H19NO5/c1-7(8-3-2-6-19-8)15-13(16)11-9-4-5-10(20-9)12(11)14(17)18/h4-5,7-12H,2-3,6H2,1H3,(H,15,16)(H,17,18)/t7-,8-,9+,10+,11+,12+/m0/s1. The minimum absolute atomic E-state index is 0.0253. The van der Waals surface area contributed by atoms with Crippen molar-refractivity contribution in [3.05, 3.63) is 12.2 Å². The van der Waals surface area contributed by atoms with Gasteiger partial charge in [0.05, 0.1) is 30.3 Å². The summed E-state index contributed by atoms with van der Waals surface area (Å²) in [6, 6.07) is -0.109. The number of hydrogen-bond donors (Lipinski definition) is 2. The van der Waals surface area contributed by atoms with E-state index in [2.05, 4.69) is 5.32 Å². The van der Waals surface area contributed by atoms with Crippen LogP contribution >= 0.6 is 0 Å². The van der Waals surface area contributed by atoms with Gasteiger partial charge in [-0.1, -0.05) is 12.2 Å². The van der Waals surface area contributed by atoms with E-state index < -0.39 is 30.0 Å². The highest BCUT2D eigenvalue weighted by molar-refractivity contribution is 5.87. The Hall–Kier alpha value is -1.40. The predicted molar refractivity (Wildman–Crippen MR) is 69.0 cm³/mol. The summed E-state index contributed by atoms with van der Waals surface area (Å²) in [7, 11) is 0. The van der Waals surface area contributed by atoms with Gasteiger partial charge in [-0.3, -0.25) is 9.59 Å². The molecule has 0 saturated carbocycles. The summed E-state index contributed by atoms with van der Waals surface area (Å²) < 4.78 is 11.0. The van der Waals surface area contributed by atoms with Gasteiger partial charge in [0.2, 0.25) is 5.91 Å². The van der Waals surface area contributed by atoms with E-state index in [1.54, 1.807) is 12.2 Å². The molecule has 110 valence electrons. The van der Waals surface area contributed by atoms with Crippen molar-refractivity contribution in [2.45, 2.75) is 44.1 Å². The maximum Gasteiger partial charge on any atom is 0.310 e. The van der Waals surface area contributed by atoms with E-state index in [9.17, 15) is 14.7 Å². The zero-order valence-corrected chi connectivity index (χ0v) is 11.3. The normalized spacial score (nSPS) is 40.0. The number of nitrogens with one attached hydrogen (secondary N) is 1. The number of amides is 1. The first kappa shape index (κ1) is 13.6. The molecule has 20 heavy (non-hydrogen) atoms. The third-order valence-electron chi connectivity index (χ3n) is 4.38. The average Bonchev–Trinajstić information content (AvgIpc) is 3.13. The molecule has 0 radical (unpaired) electrons. The van der Waals surface area contributed by atoms with E-state index in [1.807, 2.05) is 6.92 Å². The molecule has 0 aromatic carbocycles. The molecule has 0 aromatic heterocycles. The van der Waals surface area contributed by atoms with Crippen molar-refractivity contribution in [1.29, 1.82) is 0 Å². The van der Waals surface area contributed by atoms with Crippen LogP contribution in [0.4, 0.5) is 0 Å². The summed E-state index contributed by atoms with van der Waals surface area (Å²) in [5.74, 6) is -2.67. The first-order chi connectivity index (χ1) is 9.58. The number of carboxylic acid groups (broad SMARTS) is 1. The monoisotopic (exact) mass is 281 g/mol. The molecular formula is C14H19NO5. The van der Waals surface area contributed by atoms with E-state index in [0.717, 1.165) is 19.4 Å². The molecule has 0 aliphatic carbocycles. The lowest BCUT2D eigenvalue weighted by atomic mass is 9.82. The quantitative estimate of drug-likeness (QED) is 0.725. The Kier molecular flexibility index (Phi) is 3.52. The number of aliphatic carboxylic acids is 1. The molecule has 6 atom stereocenters. The average molecular weight is 281 g/mol. The molecule has 2 bridgehead atoms. The summed E-state index contributed by atoms with van der Waals surface area (Å²) in [4.78, 5) is 23.7.